The number of anilines is 6. The van der Waals surface area contributed by atoms with E-state index in [1.807, 2.05) is 36.4 Å². The fourth-order valence-corrected chi connectivity index (χ4v) is 4.39. The molecule has 5 aromatic carbocycles. The molecule has 3 nitrogen and oxygen atoms in total. The third-order valence-electron chi connectivity index (χ3n) is 5.82. The van der Waals surface area contributed by atoms with Gasteiger partial charge in [-0.25, -0.2) is 0 Å². The maximum absolute atomic E-state index is 6.24. The molecule has 0 saturated heterocycles. The summed E-state index contributed by atoms with van der Waals surface area (Å²) in [5, 5.41) is 0. The van der Waals surface area contributed by atoms with Crippen molar-refractivity contribution in [3.8, 4) is 11.5 Å². The van der Waals surface area contributed by atoms with Gasteiger partial charge in [0.2, 0.25) is 0 Å². The first kappa shape index (κ1) is 19.2. The van der Waals surface area contributed by atoms with Gasteiger partial charge in [0.25, 0.3) is 0 Å². The van der Waals surface area contributed by atoms with Gasteiger partial charge in [-0.2, -0.15) is 0 Å². The topological polar surface area (TPSA) is 15.7 Å². The monoisotopic (exact) mass is 426 g/mol. The Labute approximate surface area is 193 Å². The Bertz CT molecular complexity index is 1310. The standard InChI is InChI=1S/C30H22N2O/c1-3-13-23(14-4-1)31(24-15-5-2-6-16-24)25-17-7-8-18-26(25)32-27-19-9-11-21-29(27)33-30-22-12-10-20-28(30)32/h1-22H. The second-order valence-corrected chi connectivity index (χ2v) is 7.87. The van der Waals surface area contributed by atoms with Crippen LogP contribution in [0.25, 0.3) is 0 Å². The smallest absolute Gasteiger partial charge is 0.151 e. The number of hydrogen-bond donors (Lipinski definition) is 0. The van der Waals surface area contributed by atoms with E-state index in [0.717, 1.165) is 45.6 Å². The summed E-state index contributed by atoms with van der Waals surface area (Å²) in [5.74, 6) is 1.69. The Morgan fingerprint density at radius 1 is 0.424 bits per heavy atom. The number of ether oxygens (including phenoxy) is 1. The van der Waals surface area contributed by atoms with Crippen LogP contribution in [0.5, 0.6) is 11.5 Å². The van der Waals surface area contributed by atoms with Gasteiger partial charge in [-0.3, -0.25) is 0 Å². The zero-order chi connectivity index (χ0) is 22.0. The van der Waals surface area contributed by atoms with Crippen LogP contribution >= 0.6 is 0 Å². The minimum Gasteiger partial charge on any atom is -0.453 e. The highest BCUT2D eigenvalue weighted by Crippen LogP contribution is 2.53. The van der Waals surface area contributed by atoms with Gasteiger partial charge in [0.15, 0.2) is 11.5 Å². The molecule has 0 bridgehead atoms. The second-order valence-electron chi connectivity index (χ2n) is 7.87. The first-order valence-electron chi connectivity index (χ1n) is 11.1. The Balaban J connectivity index is 1.61. The van der Waals surface area contributed by atoms with Crippen LogP contribution in [0.15, 0.2) is 133 Å². The summed E-state index contributed by atoms with van der Waals surface area (Å²) in [6, 6.07) is 45.9. The van der Waals surface area contributed by atoms with Crippen molar-refractivity contribution in [1.82, 2.24) is 0 Å². The zero-order valence-corrected chi connectivity index (χ0v) is 18.0. The van der Waals surface area contributed by atoms with Crippen molar-refractivity contribution in [2.75, 3.05) is 9.80 Å². The number of nitrogens with zero attached hydrogens (tertiary/aromatic N) is 2. The van der Waals surface area contributed by atoms with Crippen LogP contribution in [-0.4, -0.2) is 0 Å². The minimum absolute atomic E-state index is 0.844. The van der Waals surface area contributed by atoms with Gasteiger partial charge in [0, 0.05) is 11.4 Å². The molecule has 0 N–H and O–H groups in total. The highest BCUT2D eigenvalue weighted by atomic mass is 16.5. The summed E-state index contributed by atoms with van der Waals surface area (Å²) in [6.45, 7) is 0. The summed E-state index contributed by atoms with van der Waals surface area (Å²) >= 11 is 0. The van der Waals surface area contributed by atoms with E-state index in [1.165, 1.54) is 0 Å². The zero-order valence-electron chi connectivity index (χ0n) is 18.0. The molecule has 158 valence electrons. The van der Waals surface area contributed by atoms with Gasteiger partial charge in [-0.15, -0.1) is 0 Å². The van der Waals surface area contributed by atoms with E-state index in [-0.39, 0.29) is 0 Å². The predicted octanol–water partition coefficient (Wildman–Crippen LogP) is 8.73. The maximum Gasteiger partial charge on any atom is 0.151 e. The largest absolute Gasteiger partial charge is 0.453 e. The van der Waals surface area contributed by atoms with Crippen LogP contribution in [0, 0.1) is 0 Å². The Kier molecular flexibility index (Phi) is 4.78. The van der Waals surface area contributed by atoms with Crippen LogP contribution in [-0.2, 0) is 0 Å². The molecule has 0 spiro atoms. The highest BCUT2D eigenvalue weighted by Gasteiger charge is 2.28. The molecular formula is C30H22N2O. The van der Waals surface area contributed by atoms with Gasteiger partial charge >= 0.3 is 0 Å². The molecule has 0 aliphatic carbocycles. The molecule has 3 heteroatoms. The lowest BCUT2D eigenvalue weighted by Crippen LogP contribution is -2.19. The number of benzene rings is 5. The fourth-order valence-electron chi connectivity index (χ4n) is 4.39. The number of fused-ring (bicyclic) bond motifs is 2. The SMILES string of the molecule is c1ccc(N(c2ccccc2)c2ccccc2N2c3ccccc3Oc3ccccc32)cc1. The molecule has 5 aromatic rings. The number of hydrogen-bond acceptors (Lipinski definition) is 3. The average Bonchev–Trinajstić information content (AvgIpc) is 2.89. The first-order valence-corrected chi connectivity index (χ1v) is 11.1. The Hall–Kier alpha value is -4.50. The van der Waals surface area contributed by atoms with Crippen molar-refractivity contribution in [2.45, 2.75) is 0 Å². The van der Waals surface area contributed by atoms with E-state index in [0.29, 0.717) is 0 Å². The number of rotatable bonds is 4. The van der Waals surface area contributed by atoms with E-state index in [9.17, 15) is 0 Å². The lowest BCUT2D eigenvalue weighted by molar-refractivity contribution is 0.477. The summed E-state index contributed by atoms with van der Waals surface area (Å²) < 4.78 is 6.24. The number of para-hydroxylation sites is 8. The third-order valence-corrected chi connectivity index (χ3v) is 5.82. The average molecular weight is 427 g/mol. The lowest BCUT2D eigenvalue weighted by atomic mass is 10.1. The molecule has 0 saturated carbocycles. The Morgan fingerprint density at radius 2 is 0.848 bits per heavy atom. The van der Waals surface area contributed by atoms with Crippen LogP contribution in [0.2, 0.25) is 0 Å². The summed E-state index contributed by atoms with van der Waals surface area (Å²) in [6.07, 6.45) is 0. The van der Waals surface area contributed by atoms with Gasteiger partial charge in [0.1, 0.15) is 0 Å². The van der Waals surface area contributed by atoms with Gasteiger partial charge in [-0.1, -0.05) is 72.8 Å². The highest BCUT2D eigenvalue weighted by molar-refractivity contribution is 5.94. The van der Waals surface area contributed by atoms with E-state index in [2.05, 4.69) is 107 Å². The molecule has 0 aromatic heterocycles. The fraction of sp³-hybridized carbons (Fsp3) is 0. The molecule has 1 heterocycles. The molecule has 0 fully saturated rings. The predicted molar refractivity (Wildman–Crippen MR) is 136 cm³/mol. The Morgan fingerprint density at radius 3 is 1.39 bits per heavy atom. The van der Waals surface area contributed by atoms with E-state index < -0.39 is 0 Å². The molecule has 1 aliphatic heterocycles. The molecule has 1 aliphatic rings. The van der Waals surface area contributed by atoms with Gasteiger partial charge in [0.05, 0.1) is 22.7 Å². The van der Waals surface area contributed by atoms with Crippen LogP contribution in [0.3, 0.4) is 0 Å². The summed E-state index contributed by atoms with van der Waals surface area (Å²) in [5.41, 5.74) is 6.40. The van der Waals surface area contributed by atoms with Crippen molar-refractivity contribution >= 4 is 34.1 Å². The third kappa shape index (κ3) is 3.40. The quantitative estimate of drug-likeness (QED) is 0.280. The molecule has 0 amide bonds. The lowest BCUT2D eigenvalue weighted by Gasteiger charge is -2.36. The normalized spacial score (nSPS) is 11.8. The molecule has 33 heavy (non-hydrogen) atoms. The minimum atomic E-state index is 0.844. The van der Waals surface area contributed by atoms with Gasteiger partial charge < -0.3 is 14.5 Å². The molecular weight excluding hydrogens is 404 g/mol. The van der Waals surface area contributed by atoms with E-state index in [4.69, 9.17) is 4.74 Å². The van der Waals surface area contributed by atoms with E-state index >= 15 is 0 Å². The second kappa shape index (κ2) is 8.21. The molecule has 6 rings (SSSR count). The summed E-state index contributed by atoms with van der Waals surface area (Å²) in [4.78, 5) is 4.60. The van der Waals surface area contributed by atoms with Gasteiger partial charge in [-0.05, 0) is 60.7 Å². The maximum atomic E-state index is 6.24. The molecule has 0 atom stereocenters. The van der Waals surface area contributed by atoms with E-state index in [1.54, 1.807) is 0 Å². The van der Waals surface area contributed by atoms with Crippen LogP contribution < -0.4 is 14.5 Å². The van der Waals surface area contributed by atoms with Crippen LogP contribution in [0.4, 0.5) is 34.1 Å². The summed E-state index contributed by atoms with van der Waals surface area (Å²) in [7, 11) is 0. The molecule has 0 unspecified atom stereocenters. The van der Waals surface area contributed by atoms with Crippen LogP contribution in [0.1, 0.15) is 0 Å². The van der Waals surface area contributed by atoms with Crippen molar-refractivity contribution in [1.29, 1.82) is 0 Å². The van der Waals surface area contributed by atoms with Crippen molar-refractivity contribution in [3.05, 3.63) is 133 Å². The van der Waals surface area contributed by atoms with Crippen molar-refractivity contribution in [2.24, 2.45) is 0 Å². The first-order chi connectivity index (χ1) is 16.4. The van der Waals surface area contributed by atoms with Crippen molar-refractivity contribution in [3.63, 3.8) is 0 Å². The van der Waals surface area contributed by atoms with Crippen molar-refractivity contribution < 1.29 is 4.74 Å². The molecule has 0 radical (unpaired) electrons.